The number of hydrogen-bond donors (Lipinski definition) is 2. The number of nitrogens with zero attached hydrogens (tertiary/aromatic N) is 1. The van der Waals surface area contributed by atoms with E-state index in [1.165, 1.54) is 16.3 Å². The molecule has 0 heterocycles. The third kappa shape index (κ3) is 4.37. The SMILES string of the molecule is CN=C(NCc1cccc2ccccc12)NC(C)C.I. The van der Waals surface area contributed by atoms with E-state index in [2.05, 4.69) is 71.9 Å². The number of nitrogens with one attached hydrogen (secondary N) is 2. The molecule has 0 amide bonds. The van der Waals surface area contributed by atoms with Gasteiger partial charge in [-0.2, -0.15) is 0 Å². The van der Waals surface area contributed by atoms with Crippen molar-refractivity contribution in [1.29, 1.82) is 0 Å². The Labute approximate surface area is 137 Å². The number of benzene rings is 2. The van der Waals surface area contributed by atoms with Crippen molar-refractivity contribution in [2.24, 2.45) is 4.99 Å². The fourth-order valence-electron chi connectivity index (χ4n) is 2.09. The van der Waals surface area contributed by atoms with Crippen molar-refractivity contribution in [3.8, 4) is 0 Å². The molecule has 20 heavy (non-hydrogen) atoms. The largest absolute Gasteiger partial charge is 0.354 e. The predicted octanol–water partition coefficient (Wildman–Crippen LogP) is 3.53. The van der Waals surface area contributed by atoms with E-state index in [0.29, 0.717) is 6.04 Å². The summed E-state index contributed by atoms with van der Waals surface area (Å²) in [6.45, 7) is 4.98. The van der Waals surface area contributed by atoms with E-state index >= 15 is 0 Å². The monoisotopic (exact) mass is 383 g/mol. The lowest BCUT2D eigenvalue weighted by Crippen LogP contribution is -2.40. The molecule has 2 aromatic rings. The molecule has 2 rings (SSSR count). The number of fused-ring (bicyclic) bond motifs is 1. The highest BCUT2D eigenvalue weighted by Crippen LogP contribution is 2.18. The average Bonchev–Trinajstić information content (AvgIpc) is 2.43. The zero-order chi connectivity index (χ0) is 13.7. The summed E-state index contributed by atoms with van der Waals surface area (Å²) in [6.07, 6.45) is 0. The van der Waals surface area contributed by atoms with Crippen molar-refractivity contribution >= 4 is 40.7 Å². The van der Waals surface area contributed by atoms with Crippen LogP contribution >= 0.6 is 24.0 Å². The van der Waals surface area contributed by atoms with Crippen LogP contribution in [0.25, 0.3) is 10.8 Å². The molecule has 108 valence electrons. The molecule has 0 saturated carbocycles. The summed E-state index contributed by atoms with van der Waals surface area (Å²) in [5, 5.41) is 9.20. The van der Waals surface area contributed by atoms with E-state index in [9.17, 15) is 0 Å². The van der Waals surface area contributed by atoms with Crippen molar-refractivity contribution in [1.82, 2.24) is 10.6 Å². The van der Waals surface area contributed by atoms with Gasteiger partial charge in [-0.1, -0.05) is 42.5 Å². The second kappa shape index (κ2) is 8.09. The summed E-state index contributed by atoms with van der Waals surface area (Å²) >= 11 is 0. The van der Waals surface area contributed by atoms with Crippen molar-refractivity contribution in [3.05, 3.63) is 48.0 Å². The molecule has 0 bridgehead atoms. The molecule has 0 aliphatic rings. The molecule has 0 aliphatic heterocycles. The molecule has 2 N–H and O–H groups in total. The predicted molar refractivity (Wildman–Crippen MR) is 97.8 cm³/mol. The van der Waals surface area contributed by atoms with Crippen LogP contribution in [0, 0.1) is 0 Å². The van der Waals surface area contributed by atoms with Crippen molar-refractivity contribution in [3.63, 3.8) is 0 Å². The Morgan fingerprint density at radius 1 is 1.10 bits per heavy atom. The van der Waals surface area contributed by atoms with Crippen LogP contribution in [0.2, 0.25) is 0 Å². The summed E-state index contributed by atoms with van der Waals surface area (Å²) in [5.74, 6) is 0.836. The first kappa shape index (κ1) is 16.8. The summed E-state index contributed by atoms with van der Waals surface area (Å²) in [6, 6.07) is 15.2. The molecular formula is C16H22IN3. The molecule has 0 atom stereocenters. The van der Waals surface area contributed by atoms with E-state index in [1.807, 2.05) is 0 Å². The number of guanidine groups is 1. The Balaban J connectivity index is 0.00000200. The molecule has 0 fully saturated rings. The van der Waals surface area contributed by atoms with Gasteiger partial charge in [0.2, 0.25) is 0 Å². The van der Waals surface area contributed by atoms with Gasteiger partial charge in [0.05, 0.1) is 0 Å². The second-order valence-electron chi connectivity index (χ2n) is 4.86. The highest BCUT2D eigenvalue weighted by atomic mass is 127. The number of rotatable bonds is 3. The molecule has 0 unspecified atom stereocenters. The fraction of sp³-hybridized carbons (Fsp3) is 0.312. The zero-order valence-electron chi connectivity index (χ0n) is 12.2. The van der Waals surface area contributed by atoms with Crippen LogP contribution in [0.5, 0.6) is 0 Å². The van der Waals surface area contributed by atoms with Crippen LogP contribution in [0.3, 0.4) is 0 Å². The first-order chi connectivity index (χ1) is 9.20. The first-order valence-corrected chi connectivity index (χ1v) is 6.64. The quantitative estimate of drug-likeness (QED) is 0.483. The Bertz CT molecular complexity index is 573. The second-order valence-corrected chi connectivity index (χ2v) is 4.86. The summed E-state index contributed by atoms with van der Waals surface area (Å²) in [4.78, 5) is 4.22. The van der Waals surface area contributed by atoms with Gasteiger partial charge in [-0.25, -0.2) is 0 Å². The number of halogens is 1. The topological polar surface area (TPSA) is 36.4 Å². The van der Waals surface area contributed by atoms with Crippen LogP contribution in [-0.4, -0.2) is 19.0 Å². The third-order valence-electron chi connectivity index (χ3n) is 2.98. The lowest BCUT2D eigenvalue weighted by Gasteiger charge is -2.15. The van der Waals surface area contributed by atoms with Crippen LogP contribution in [0.1, 0.15) is 19.4 Å². The van der Waals surface area contributed by atoms with Gasteiger partial charge in [-0.05, 0) is 30.2 Å². The Hall–Kier alpha value is -1.30. The van der Waals surface area contributed by atoms with Gasteiger partial charge < -0.3 is 10.6 Å². The third-order valence-corrected chi connectivity index (χ3v) is 2.98. The minimum Gasteiger partial charge on any atom is -0.354 e. The fourth-order valence-corrected chi connectivity index (χ4v) is 2.09. The van der Waals surface area contributed by atoms with E-state index in [-0.39, 0.29) is 24.0 Å². The van der Waals surface area contributed by atoms with E-state index in [4.69, 9.17) is 0 Å². The van der Waals surface area contributed by atoms with Gasteiger partial charge in [0.25, 0.3) is 0 Å². The van der Waals surface area contributed by atoms with Gasteiger partial charge in [0.15, 0.2) is 5.96 Å². The van der Waals surface area contributed by atoms with E-state index in [0.717, 1.165) is 12.5 Å². The highest BCUT2D eigenvalue weighted by Gasteiger charge is 2.03. The molecule has 4 heteroatoms. The average molecular weight is 383 g/mol. The normalized spacial score (nSPS) is 11.3. The molecular weight excluding hydrogens is 361 g/mol. The van der Waals surface area contributed by atoms with Crippen LogP contribution < -0.4 is 10.6 Å². The molecule has 2 aromatic carbocycles. The molecule has 0 aliphatic carbocycles. The Morgan fingerprint density at radius 2 is 1.80 bits per heavy atom. The Kier molecular flexibility index (Phi) is 6.78. The minimum atomic E-state index is 0. The lowest BCUT2D eigenvalue weighted by molar-refractivity contribution is 0.700. The minimum absolute atomic E-state index is 0. The molecule has 3 nitrogen and oxygen atoms in total. The van der Waals surface area contributed by atoms with Gasteiger partial charge in [0.1, 0.15) is 0 Å². The molecule has 0 saturated heterocycles. The maximum atomic E-state index is 4.22. The van der Waals surface area contributed by atoms with Crippen molar-refractivity contribution in [2.75, 3.05) is 7.05 Å². The summed E-state index contributed by atoms with van der Waals surface area (Å²) in [7, 11) is 1.79. The first-order valence-electron chi connectivity index (χ1n) is 6.64. The smallest absolute Gasteiger partial charge is 0.191 e. The molecule has 0 spiro atoms. The summed E-state index contributed by atoms with van der Waals surface area (Å²) < 4.78 is 0. The maximum absolute atomic E-state index is 4.22. The van der Waals surface area contributed by atoms with Gasteiger partial charge in [-0.3, -0.25) is 4.99 Å². The number of aliphatic imine (C=N–C) groups is 1. The Morgan fingerprint density at radius 3 is 2.50 bits per heavy atom. The maximum Gasteiger partial charge on any atom is 0.191 e. The lowest BCUT2D eigenvalue weighted by atomic mass is 10.0. The molecule has 0 radical (unpaired) electrons. The zero-order valence-corrected chi connectivity index (χ0v) is 14.5. The number of hydrogen-bond acceptors (Lipinski definition) is 1. The summed E-state index contributed by atoms with van der Waals surface area (Å²) in [5.41, 5.74) is 1.28. The highest BCUT2D eigenvalue weighted by molar-refractivity contribution is 14.0. The van der Waals surface area contributed by atoms with E-state index < -0.39 is 0 Å². The van der Waals surface area contributed by atoms with E-state index in [1.54, 1.807) is 7.05 Å². The van der Waals surface area contributed by atoms with Gasteiger partial charge in [0, 0.05) is 19.6 Å². The molecule has 0 aromatic heterocycles. The van der Waals surface area contributed by atoms with Crippen LogP contribution in [0.15, 0.2) is 47.5 Å². The van der Waals surface area contributed by atoms with Crippen molar-refractivity contribution < 1.29 is 0 Å². The van der Waals surface area contributed by atoms with Crippen LogP contribution in [-0.2, 0) is 6.54 Å². The van der Waals surface area contributed by atoms with Gasteiger partial charge in [-0.15, -0.1) is 24.0 Å². The van der Waals surface area contributed by atoms with Crippen LogP contribution in [0.4, 0.5) is 0 Å². The van der Waals surface area contributed by atoms with Crippen molar-refractivity contribution in [2.45, 2.75) is 26.4 Å². The standard InChI is InChI=1S/C16H21N3.HI/c1-12(2)19-16(17-3)18-11-14-9-6-8-13-7-4-5-10-15(13)14;/h4-10,12H,11H2,1-3H3,(H2,17,18,19);1H. The van der Waals surface area contributed by atoms with Gasteiger partial charge >= 0.3 is 0 Å².